The van der Waals surface area contributed by atoms with Crippen LogP contribution >= 0.6 is 7.82 Å². The van der Waals surface area contributed by atoms with E-state index >= 15 is 0 Å². The molecule has 32 heavy (non-hydrogen) atoms. The Labute approximate surface area is 197 Å². The molecule has 7 nitrogen and oxygen atoms in total. The second-order valence-corrected chi connectivity index (χ2v) is 10.5. The number of hydrogen-bond acceptors (Lipinski definition) is 4. The van der Waals surface area contributed by atoms with Crippen LogP contribution in [0.25, 0.3) is 0 Å². The predicted molar refractivity (Wildman–Crippen MR) is 132 cm³/mol. The van der Waals surface area contributed by atoms with Crippen LogP contribution < -0.4 is 0 Å². The third-order valence-corrected chi connectivity index (χ3v) is 6.50. The molecule has 1 atom stereocenters. The first kappa shape index (κ1) is 32.0. The minimum absolute atomic E-state index is 0.0308. The molecule has 8 heteroatoms. The molecule has 194 valence electrons. The zero-order valence-electron chi connectivity index (χ0n) is 21.2. The van der Waals surface area contributed by atoms with Gasteiger partial charge in [-0.1, -0.05) is 78.6 Å². The summed E-state index contributed by atoms with van der Waals surface area (Å²) in [6.45, 7) is 10.8. The van der Waals surface area contributed by atoms with Crippen molar-refractivity contribution in [3.63, 3.8) is 0 Å². The van der Waals surface area contributed by atoms with Gasteiger partial charge in [-0.05, 0) is 19.3 Å². The maximum atomic E-state index is 10.9. The number of nitrogens with zero attached hydrogens (tertiary/aromatic N) is 1. The van der Waals surface area contributed by atoms with Gasteiger partial charge in [0, 0.05) is 13.0 Å². The molecular weight excluding hydrogens is 429 g/mol. The maximum absolute atomic E-state index is 10.9. The van der Waals surface area contributed by atoms with Gasteiger partial charge in [0.1, 0.15) is 12.6 Å². The molecule has 0 fully saturated rings. The lowest BCUT2D eigenvalue weighted by Gasteiger charge is -2.40. The highest BCUT2D eigenvalue weighted by Crippen LogP contribution is 2.35. The first-order valence-electron chi connectivity index (χ1n) is 13.1. The number of rotatable bonds is 24. The van der Waals surface area contributed by atoms with Gasteiger partial charge in [0.2, 0.25) is 0 Å². The molecule has 0 aliphatic rings. The molecule has 0 radical (unpaired) electrons. The number of phosphoric ester groups is 1. The molecular formula is C24H53NO6P+. The number of unbranched alkanes of at least 4 members (excludes halogenated alkanes) is 9. The van der Waals surface area contributed by atoms with Crippen molar-refractivity contribution in [2.24, 2.45) is 0 Å². The van der Waals surface area contributed by atoms with E-state index in [1.165, 1.54) is 57.8 Å². The van der Waals surface area contributed by atoms with E-state index in [9.17, 15) is 9.67 Å². The molecule has 1 unspecified atom stereocenters. The molecule has 0 aliphatic carbocycles. The SMILES string of the molecule is CCCCCCCCCCCCOCC(O)C[N+](CCC)(CCC)CCCOP(=O)(O)O. The van der Waals surface area contributed by atoms with E-state index in [2.05, 4.69) is 25.3 Å². The molecule has 0 saturated carbocycles. The van der Waals surface area contributed by atoms with Crippen molar-refractivity contribution in [1.29, 1.82) is 0 Å². The second-order valence-electron chi connectivity index (χ2n) is 9.28. The van der Waals surface area contributed by atoms with Crippen LogP contribution in [0, 0.1) is 0 Å². The lowest BCUT2D eigenvalue weighted by molar-refractivity contribution is -0.931. The average Bonchev–Trinajstić information content (AvgIpc) is 2.72. The number of quaternary nitrogens is 1. The summed E-state index contributed by atoms with van der Waals surface area (Å²) in [6, 6.07) is 0. The smallest absolute Gasteiger partial charge is 0.385 e. The Hall–Kier alpha value is -0.0100. The fourth-order valence-corrected chi connectivity index (χ4v) is 4.92. The lowest BCUT2D eigenvalue weighted by atomic mass is 10.1. The van der Waals surface area contributed by atoms with E-state index in [-0.39, 0.29) is 6.61 Å². The van der Waals surface area contributed by atoms with Crippen LogP contribution in [0.15, 0.2) is 0 Å². The van der Waals surface area contributed by atoms with Gasteiger partial charge in [-0.15, -0.1) is 0 Å². The third-order valence-electron chi connectivity index (χ3n) is 5.98. The van der Waals surface area contributed by atoms with Gasteiger partial charge >= 0.3 is 7.82 Å². The Morgan fingerprint density at radius 1 is 0.719 bits per heavy atom. The van der Waals surface area contributed by atoms with Crippen molar-refractivity contribution < 1.29 is 33.2 Å². The maximum Gasteiger partial charge on any atom is 0.469 e. The summed E-state index contributed by atoms with van der Waals surface area (Å²) >= 11 is 0. The van der Waals surface area contributed by atoms with Gasteiger partial charge in [-0.2, -0.15) is 0 Å². The van der Waals surface area contributed by atoms with Gasteiger partial charge in [0.15, 0.2) is 0 Å². The zero-order valence-corrected chi connectivity index (χ0v) is 22.1. The van der Waals surface area contributed by atoms with Crippen molar-refractivity contribution in [3.8, 4) is 0 Å². The van der Waals surface area contributed by atoms with Crippen molar-refractivity contribution in [2.75, 3.05) is 46.0 Å². The monoisotopic (exact) mass is 482 g/mol. The molecule has 0 heterocycles. The van der Waals surface area contributed by atoms with Crippen molar-refractivity contribution in [2.45, 2.75) is 110 Å². The van der Waals surface area contributed by atoms with Crippen LogP contribution in [0.5, 0.6) is 0 Å². The van der Waals surface area contributed by atoms with Crippen LogP contribution in [0.4, 0.5) is 0 Å². The quantitative estimate of drug-likeness (QED) is 0.0966. The predicted octanol–water partition coefficient (Wildman–Crippen LogP) is 5.42. The van der Waals surface area contributed by atoms with Crippen LogP contribution in [-0.4, -0.2) is 71.5 Å². The number of phosphoric acid groups is 1. The second kappa shape index (κ2) is 20.4. The number of aliphatic hydroxyl groups excluding tert-OH is 1. The van der Waals surface area contributed by atoms with Gasteiger partial charge < -0.3 is 24.1 Å². The van der Waals surface area contributed by atoms with Crippen LogP contribution in [0.2, 0.25) is 0 Å². The molecule has 0 aromatic rings. The van der Waals surface area contributed by atoms with Crippen LogP contribution in [0.3, 0.4) is 0 Å². The molecule has 3 N–H and O–H groups in total. The number of aliphatic hydroxyl groups is 1. The largest absolute Gasteiger partial charge is 0.469 e. The molecule has 0 bridgehead atoms. The van der Waals surface area contributed by atoms with E-state index in [4.69, 9.17) is 14.5 Å². The summed E-state index contributed by atoms with van der Waals surface area (Å²) in [7, 11) is -4.42. The van der Waals surface area contributed by atoms with E-state index < -0.39 is 13.9 Å². The lowest BCUT2D eigenvalue weighted by Crippen LogP contribution is -2.54. The normalized spacial score (nSPS) is 13.6. The average molecular weight is 483 g/mol. The fourth-order valence-electron chi connectivity index (χ4n) is 4.55. The van der Waals surface area contributed by atoms with Crippen molar-refractivity contribution >= 4 is 7.82 Å². The fraction of sp³-hybridized carbons (Fsp3) is 1.00. The number of hydrogen-bond donors (Lipinski definition) is 3. The van der Waals surface area contributed by atoms with Crippen molar-refractivity contribution in [1.82, 2.24) is 0 Å². The Bertz CT molecular complexity index is 454. The van der Waals surface area contributed by atoms with Gasteiger partial charge in [0.25, 0.3) is 0 Å². The highest BCUT2D eigenvalue weighted by molar-refractivity contribution is 7.46. The molecule has 0 aromatic heterocycles. The van der Waals surface area contributed by atoms with Gasteiger partial charge in [0.05, 0.1) is 32.8 Å². The third kappa shape index (κ3) is 19.5. The highest BCUT2D eigenvalue weighted by Gasteiger charge is 2.29. The Morgan fingerprint density at radius 3 is 1.75 bits per heavy atom. The number of ether oxygens (including phenoxy) is 1. The van der Waals surface area contributed by atoms with Gasteiger partial charge in [-0.25, -0.2) is 4.57 Å². The van der Waals surface area contributed by atoms with Crippen LogP contribution in [0.1, 0.15) is 104 Å². The summed E-state index contributed by atoms with van der Waals surface area (Å²) in [5.41, 5.74) is 0. The minimum atomic E-state index is -4.42. The molecule has 0 aliphatic heterocycles. The first-order chi connectivity index (χ1) is 15.3. The summed E-state index contributed by atoms with van der Waals surface area (Å²) in [5.74, 6) is 0. The van der Waals surface area contributed by atoms with E-state index in [1.54, 1.807) is 0 Å². The topological polar surface area (TPSA) is 96.2 Å². The Morgan fingerprint density at radius 2 is 1.25 bits per heavy atom. The Kier molecular flexibility index (Phi) is 20.4. The first-order valence-corrected chi connectivity index (χ1v) is 14.6. The van der Waals surface area contributed by atoms with E-state index in [1.807, 2.05) is 0 Å². The highest BCUT2D eigenvalue weighted by atomic mass is 31.2. The molecule has 0 rings (SSSR count). The summed E-state index contributed by atoms with van der Waals surface area (Å²) in [6.07, 6.45) is 15.0. The van der Waals surface area contributed by atoms with Crippen LogP contribution in [-0.2, 0) is 13.8 Å². The summed E-state index contributed by atoms with van der Waals surface area (Å²) in [4.78, 5) is 17.7. The van der Waals surface area contributed by atoms with E-state index in [0.717, 1.165) is 43.4 Å². The van der Waals surface area contributed by atoms with E-state index in [0.29, 0.717) is 26.2 Å². The molecule has 0 amide bonds. The molecule has 0 saturated heterocycles. The Balaban J connectivity index is 4.07. The summed E-state index contributed by atoms with van der Waals surface area (Å²) < 4.78 is 22.0. The zero-order chi connectivity index (χ0) is 24.1. The minimum Gasteiger partial charge on any atom is -0.385 e. The molecule has 0 spiro atoms. The standard InChI is InChI=1S/C24H52NO6P/c1-4-7-8-9-10-11-12-13-14-15-20-30-23-24(26)22-25(17-5-2,18-6-3)19-16-21-31-32(27,28)29/h24,26H,4-23H2,1-3H3,(H-,27,28,29)/p+1. The summed E-state index contributed by atoms with van der Waals surface area (Å²) in [5, 5.41) is 10.6. The van der Waals surface area contributed by atoms with Crippen molar-refractivity contribution in [3.05, 3.63) is 0 Å². The molecule has 0 aromatic carbocycles. The van der Waals surface area contributed by atoms with Gasteiger partial charge in [-0.3, -0.25) is 4.52 Å².